The smallest absolute Gasteiger partial charge is 0.284 e. The summed E-state index contributed by atoms with van der Waals surface area (Å²) >= 11 is 0. The lowest BCUT2D eigenvalue weighted by atomic mass is 10.0. The zero-order chi connectivity index (χ0) is 15.1. The highest BCUT2D eigenvalue weighted by Gasteiger charge is 2.41. The Kier molecular flexibility index (Phi) is 3.59. The van der Waals surface area contributed by atoms with Crippen molar-refractivity contribution in [2.24, 2.45) is 0 Å². The SMILES string of the molecule is Cc1cc(C(=O)C(F)(F)F)c2cc(C(C)C)cccc1-2. The second-order valence-electron chi connectivity index (χ2n) is 5.22. The summed E-state index contributed by atoms with van der Waals surface area (Å²) in [6.07, 6.45) is -4.85. The molecule has 4 heteroatoms. The average Bonchev–Trinajstić information content (AvgIpc) is 2.52. The van der Waals surface area contributed by atoms with Crippen molar-refractivity contribution >= 4 is 5.78 Å². The summed E-state index contributed by atoms with van der Waals surface area (Å²) < 4.78 is 38.0. The molecule has 0 bridgehead atoms. The van der Waals surface area contributed by atoms with Crippen molar-refractivity contribution in [3.05, 3.63) is 47.0 Å². The molecule has 0 N–H and O–H groups in total. The lowest BCUT2D eigenvalue weighted by Crippen LogP contribution is -2.22. The highest BCUT2D eigenvalue weighted by Crippen LogP contribution is 2.36. The van der Waals surface area contributed by atoms with Crippen molar-refractivity contribution in [2.45, 2.75) is 32.9 Å². The fourth-order valence-electron chi connectivity index (χ4n) is 2.28. The third kappa shape index (κ3) is 2.55. The molecule has 2 aliphatic carbocycles. The second kappa shape index (κ2) is 4.93. The van der Waals surface area contributed by atoms with Crippen LogP contribution in [0.15, 0.2) is 30.3 Å². The van der Waals surface area contributed by atoms with Crippen molar-refractivity contribution in [2.75, 3.05) is 0 Å². The largest absolute Gasteiger partial charge is 0.454 e. The fraction of sp³-hybridized carbons (Fsp3) is 0.312. The van der Waals surface area contributed by atoms with Crippen molar-refractivity contribution in [3.63, 3.8) is 0 Å². The molecule has 0 aromatic heterocycles. The Bertz CT molecular complexity index is 626. The topological polar surface area (TPSA) is 17.1 Å². The van der Waals surface area contributed by atoms with Crippen LogP contribution in [0.5, 0.6) is 0 Å². The van der Waals surface area contributed by atoms with Crippen LogP contribution in [0.4, 0.5) is 13.2 Å². The predicted molar refractivity (Wildman–Crippen MR) is 72.3 cm³/mol. The van der Waals surface area contributed by atoms with Crippen molar-refractivity contribution in [3.8, 4) is 11.1 Å². The average molecular weight is 280 g/mol. The fourth-order valence-corrected chi connectivity index (χ4v) is 2.28. The van der Waals surface area contributed by atoms with Gasteiger partial charge in [0.15, 0.2) is 0 Å². The number of aryl methyl sites for hydroxylation is 1. The summed E-state index contributed by atoms with van der Waals surface area (Å²) in [6, 6.07) is 8.44. The zero-order valence-corrected chi connectivity index (χ0v) is 11.5. The van der Waals surface area contributed by atoms with E-state index in [0.29, 0.717) is 16.7 Å². The van der Waals surface area contributed by atoms with Gasteiger partial charge >= 0.3 is 6.18 Å². The minimum atomic E-state index is -4.85. The molecule has 0 aliphatic heterocycles. The monoisotopic (exact) mass is 280 g/mol. The number of ketones is 1. The van der Waals surface area contributed by atoms with Gasteiger partial charge < -0.3 is 0 Å². The first-order chi connectivity index (χ1) is 9.21. The van der Waals surface area contributed by atoms with Gasteiger partial charge in [0.25, 0.3) is 5.78 Å². The first-order valence-corrected chi connectivity index (χ1v) is 6.36. The van der Waals surface area contributed by atoms with E-state index in [1.165, 1.54) is 6.07 Å². The Balaban J connectivity index is 2.69. The Hall–Kier alpha value is -1.84. The van der Waals surface area contributed by atoms with E-state index in [1.807, 2.05) is 26.0 Å². The van der Waals surface area contributed by atoms with Crippen LogP contribution < -0.4 is 0 Å². The van der Waals surface area contributed by atoms with Crippen LogP contribution in [-0.4, -0.2) is 12.0 Å². The normalized spacial score (nSPS) is 12.2. The lowest BCUT2D eigenvalue weighted by Gasteiger charge is -2.07. The molecule has 20 heavy (non-hydrogen) atoms. The Morgan fingerprint density at radius 1 is 1.10 bits per heavy atom. The van der Waals surface area contributed by atoms with Gasteiger partial charge in [-0.05, 0) is 41.2 Å². The van der Waals surface area contributed by atoms with E-state index >= 15 is 0 Å². The van der Waals surface area contributed by atoms with E-state index in [0.717, 1.165) is 5.56 Å². The molecular formula is C16H15F3O. The Morgan fingerprint density at radius 2 is 1.75 bits per heavy atom. The summed E-state index contributed by atoms with van der Waals surface area (Å²) in [5, 5.41) is 0. The van der Waals surface area contributed by atoms with Crippen LogP contribution in [0, 0.1) is 6.92 Å². The number of hydrogen-bond acceptors (Lipinski definition) is 1. The van der Waals surface area contributed by atoms with Crippen molar-refractivity contribution in [1.82, 2.24) is 0 Å². The number of rotatable bonds is 2. The molecule has 2 aliphatic rings. The van der Waals surface area contributed by atoms with E-state index in [9.17, 15) is 18.0 Å². The minimum absolute atomic E-state index is 0.176. The number of carbonyl (C=O) groups is 1. The number of hydrogen-bond donors (Lipinski definition) is 0. The molecule has 0 amide bonds. The Labute approximate surface area is 115 Å². The maximum absolute atomic E-state index is 12.7. The van der Waals surface area contributed by atoms with Gasteiger partial charge in [-0.25, -0.2) is 0 Å². The van der Waals surface area contributed by atoms with Crippen LogP contribution in [0.2, 0.25) is 0 Å². The van der Waals surface area contributed by atoms with Crippen molar-refractivity contribution < 1.29 is 18.0 Å². The van der Waals surface area contributed by atoms with E-state index in [-0.39, 0.29) is 11.5 Å². The number of fused-ring (bicyclic) bond motifs is 1. The molecule has 0 saturated heterocycles. The van der Waals surface area contributed by atoms with Gasteiger partial charge in [0, 0.05) is 5.56 Å². The lowest BCUT2D eigenvalue weighted by molar-refractivity contribution is -0.0884. The molecule has 0 fully saturated rings. The van der Waals surface area contributed by atoms with Gasteiger partial charge in [0.1, 0.15) is 0 Å². The molecule has 1 nitrogen and oxygen atoms in total. The third-order valence-electron chi connectivity index (χ3n) is 3.40. The van der Waals surface area contributed by atoms with E-state index < -0.39 is 12.0 Å². The summed E-state index contributed by atoms with van der Waals surface area (Å²) in [4.78, 5) is 11.6. The van der Waals surface area contributed by atoms with Crippen LogP contribution in [0.3, 0.4) is 0 Å². The minimum Gasteiger partial charge on any atom is -0.284 e. The summed E-state index contributed by atoms with van der Waals surface area (Å²) in [5.41, 5.74) is 2.38. The number of carbonyl (C=O) groups excluding carboxylic acids is 1. The molecule has 2 rings (SSSR count). The van der Waals surface area contributed by atoms with Gasteiger partial charge in [0.05, 0.1) is 0 Å². The maximum atomic E-state index is 12.7. The van der Waals surface area contributed by atoms with Crippen molar-refractivity contribution in [1.29, 1.82) is 0 Å². The van der Waals surface area contributed by atoms with E-state index in [1.54, 1.807) is 19.1 Å². The predicted octanol–water partition coefficient (Wildman–Crippen LogP) is 4.97. The van der Waals surface area contributed by atoms with Crippen LogP contribution in [0.25, 0.3) is 11.1 Å². The van der Waals surface area contributed by atoms with Crippen LogP contribution in [0.1, 0.15) is 41.3 Å². The molecule has 0 spiro atoms. The van der Waals surface area contributed by atoms with Crippen LogP contribution in [-0.2, 0) is 0 Å². The van der Waals surface area contributed by atoms with E-state index in [2.05, 4.69) is 0 Å². The molecule has 0 radical (unpaired) electrons. The molecule has 0 aromatic rings. The molecule has 0 saturated carbocycles. The highest BCUT2D eigenvalue weighted by molar-refractivity contribution is 6.07. The van der Waals surface area contributed by atoms with E-state index in [4.69, 9.17) is 0 Å². The quantitative estimate of drug-likeness (QED) is 0.710. The number of alkyl halides is 3. The summed E-state index contributed by atoms with van der Waals surface area (Å²) in [5.74, 6) is -1.61. The van der Waals surface area contributed by atoms with Gasteiger partial charge in [-0.3, -0.25) is 4.79 Å². The summed E-state index contributed by atoms with van der Waals surface area (Å²) in [7, 11) is 0. The molecule has 0 unspecified atom stereocenters. The first-order valence-electron chi connectivity index (χ1n) is 6.36. The molecular weight excluding hydrogens is 265 g/mol. The van der Waals surface area contributed by atoms with Gasteiger partial charge in [-0.2, -0.15) is 13.2 Å². The molecule has 0 atom stereocenters. The number of Topliss-reactive ketones (excluding diaryl/α,β-unsaturated/α-hetero) is 1. The Morgan fingerprint density at radius 3 is 2.30 bits per heavy atom. The summed E-state index contributed by atoms with van der Waals surface area (Å²) in [6.45, 7) is 5.63. The standard InChI is InChI=1S/C16H15F3O/c1-9(2)11-5-4-6-12-10(3)7-14(13(12)8-11)15(20)16(17,18)19/h4-9H,1-3H3. The molecule has 0 aromatic carbocycles. The second-order valence-corrected chi connectivity index (χ2v) is 5.22. The molecule has 0 heterocycles. The zero-order valence-electron chi connectivity index (χ0n) is 11.5. The number of halogens is 3. The molecule has 106 valence electrons. The highest BCUT2D eigenvalue weighted by atomic mass is 19.4. The third-order valence-corrected chi connectivity index (χ3v) is 3.40. The first kappa shape index (κ1) is 14.6. The van der Waals surface area contributed by atoms with Gasteiger partial charge in [-0.1, -0.05) is 38.1 Å². The van der Waals surface area contributed by atoms with Crippen LogP contribution >= 0.6 is 0 Å². The van der Waals surface area contributed by atoms with Gasteiger partial charge in [0.2, 0.25) is 0 Å². The van der Waals surface area contributed by atoms with Gasteiger partial charge in [-0.15, -0.1) is 0 Å². The maximum Gasteiger partial charge on any atom is 0.454 e.